The van der Waals surface area contributed by atoms with Crippen molar-refractivity contribution in [1.29, 1.82) is 0 Å². The summed E-state index contributed by atoms with van der Waals surface area (Å²) in [6.45, 7) is 3.30. The SMILES string of the molecule is CCCCc1nc2c(N)nc3ccccc3c2n1CCCN(Cc1ccc(OCC(=O)O)cc1)C(=O)CCl. The summed E-state index contributed by atoms with van der Waals surface area (Å²) < 4.78 is 7.42. The lowest BCUT2D eigenvalue weighted by Gasteiger charge is -2.22. The highest BCUT2D eigenvalue weighted by atomic mass is 35.5. The van der Waals surface area contributed by atoms with E-state index in [1.54, 1.807) is 17.0 Å². The van der Waals surface area contributed by atoms with Crippen LogP contribution in [-0.4, -0.2) is 55.4 Å². The number of aryl methyl sites for hydroxylation is 2. The maximum atomic E-state index is 12.7. The maximum Gasteiger partial charge on any atom is 0.341 e. The zero-order valence-corrected chi connectivity index (χ0v) is 22.2. The molecule has 0 saturated carbocycles. The lowest BCUT2D eigenvalue weighted by molar-refractivity contribution is -0.139. The fourth-order valence-electron chi connectivity index (χ4n) is 4.52. The van der Waals surface area contributed by atoms with E-state index >= 15 is 0 Å². The van der Waals surface area contributed by atoms with E-state index in [1.807, 2.05) is 36.4 Å². The third kappa shape index (κ3) is 6.34. The second-order valence-electron chi connectivity index (χ2n) is 9.12. The Balaban J connectivity index is 1.54. The number of imidazole rings is 1. The van der Waals surface area contributed by atoms with Crippen LogP contribution in [0.5, 0.6) is 5.75 Å². The van der Waals surface area contributed by atoms with E-state index in [0.717, 1.165) is 47.1 Å². The molecule has 0 aliphatic heterocycles. The molecule has 0 radical (unpaired) electrons. The van der Waals surface area contributed by atoms with Gasteiger partial charge in [0.05, 0.1) is 11.0 Å². The van der Waals surface area contributed by atoms with Crippen LogP contribution in [0.1, 0.15) is 37.6 Å². The number of aliphatic carboxylic acids is 1. The van der Waals surface area contributed by atoms with Gasteiger partial charge in [-0.1, -0.05) is 43.7 Å². The second kappa shape index (κ2) is 12.6. The Morgan fingerprint density at radius 3 is 2.58 bits per heavy atom. The molecule has 1 amide bonds. The first kappa shape index (κ1) is 27.2. The van der Waals surface area contributed by atoms with Crippen molar-refractivity contribution in [2.45, 2.75) is 45.7 Å². The number of nitrogens with zero attached hydrogens (tertiary/aromatic N) is 4. The predicted octanol–water partition coefficient (Wildman–Crippen LogP) is 4.63. The van der Waals surface area contributed by atoms with Gasteiger partial charge < -0.3 is 25.0 Å². The van der Waals surface area contributed by atoms with Crippen LogP contribution in [0.4, 0.5) is 5.82 Å². The largest absolute Gasteiger partial charge is 0.482 e. The molecule has 2 aromatic carbocycles. The van der Waals surface area contributed by atoms with Crippen LogP contribution in [0.25, 0.3) is 21.9 Å². The molecule has 0 bridgehead atoms. The summed E-state index contributed by atoms with van der Waals surface area (Å²) in [4.78, 5) is 34.5. The van der Waals surface area contributed by atoms with Crippen LogP contribution < -0.4 is 10.5 Å². The second-order valence-corrected chi connectivity index (χ2v) is 9.39. The van der Waals surface area contributed by atoms with Gasteiger partial charge in [-0.05, 0) is 36.6 Å². The number of pyridine rings is 1. The van der Waals surface area contributed by atoms with E-state index in [1.165, 1.54) is 0 Å². The molecule has 2 aromatic heterocycles. The molecule has 2 heterocycles. The Morgan fingerprint density at radius 2 is 1.87 bits per heavy atom. The summed E-state index contributed by atoms with van der Waals surface area (Å²) in [6.07, 6.45) is 3.59. The quantitative estimate of drug-likeness (QED) is 0.238. The fraction of sp³-hybridized carbons (Fsp3) is 0.357. The third-order valence-corrected chi connectivity index (χ3v) is 6.61. The van der Waals surface area contributed by atoms with Gasteiger partial charge in [-0.25, -0.2) is 14.8 Å². The van der Waals surface area contributed by atoms with Crippen LogP contribution in [0.3, 0.4) is 0 Å². The minimum atomic E-state index is -1.04. The lowest BCUT2D eigenvalue weighted by atomic mass is 10.1. The molecule has 38 heavy (non-hydrogen) atoms. The first-order valence-corrected chi connectivity index (χ1v) is 13.2. The first-order valence-electron chi connectivity index (χ1n) is 12.7. The summed E-state index contributed by atoms with van der Waals surface area (Å²) in [5, 5.41) is 9.78. The number of alkyl halides is 1. The number of benzene rings is 2. The lowest BCUT2D eigenvalue weighted by Crippen LogP contribution is -2.33. The number of nitrogen functional groups attached to an aromatic ring is 1. The topological polar surface area (TPSA) is 124 Å². The van der Waals surface area contributed by atoms with Gasteiger partial charge in [0.1, 0.15) is 23.0 Å². The summed E-state index contributed by atoms with van der Waals surface area (Å²) in [5.74, 6) is 0.548. The molecule has 9 nitrogen and oxygen atoms in total. The van der Waals surface area contributed by atoms with Crippen molar-refractivity contribution in [3.8, 4) is 5.75 Å². The maximum absolute atomic E-state index is 12.7. The molecule has 0 unspecified atom stereocenters. The fourth-order valence-corrected chi connectivity index (χ4v) is 4.69. The molecule has 0 saturated heterocycles. The Labute approximate surface area is 226 Å². The van der Waals surface area contributed by atoms with E-state index in [0.29, 0.717) is 43.1 Å². The van der Waals surface area contributed by atoms with E-state index < -0.39 is 12.6 Å². The van der Waals surface area contributed by atoms with Gasteiger partial charge in [-0.3, -0.25) is 4.79 Å². The molecule has 3 N–H and O–H groups in total. The van der Waals surface area contributed by atoms with Gasteiger partial charge in [-0.2, -0.15) is 0 Å². The Bertz CT molecular complexity index is 1420. The van der Waals surface area contributed by atoms with Crippen molar-refractivity contribution < 1.29 is 19.4 Å². The number of carboxylic acid groups (broad SMARTS) is 1. The molecule has 0 aliphatic rings. The molecule has 4 rings (SSSR count). The number of hydrogen-bond acceptors (Lipinski definition) is 6. The smallest absolute Gasteiger partial charge is 0.341 e. The third-order valence-electron chi connectivity index (χ3n) is 6.38. The Morgan fingerprint density at radius 1 is 1.11 bits per heavy atom. The van der Waals surface area contributed by atoms with Crippen molar-refractivity contribution in [1.82, 2.24) is 19.4 Å². The number of carbonyl (C=O) groups excluding carboxylic acids is 1. The number of hydrogen-bond donors (Lipinski definition) is 2. The highest BCUT2D eigenvalue weighted by Gasteiger charge is 2.18. The van der Waals surface area contributed by atoms with Gasteiger partial charge in [0.2, 0.25) is 5.91 Å². The van der Waals surface area contributed by atoms with Gasteiger partial charge >= 0.3 is 5.97 Å². The number of carboxylic acids is 1. The Kier molecular flexibility index (Phi) is 9.02. The van der Waals surface area contributed by atoms with Gasteiger partial charge in [0, 0.05) is 31.4 Å². The summed E-state index contributed by atoms with van der Waals surface area (Å²) in [6, 6.07) is 15.0. The molecule has 0 spiro atoms. The molecular weight excluding hydrogens is 506 g/mol. The van der Waals surface area contributed by atoms with Gasteiger partial charge in [0.15, 0.2) is 12.4 Å². The molecule has 0 atom stereocenters. The predicted molar refractivity (Wildman–Crippen MR) is 148 cm³/mol. The van der Waals surface area contributed by atoms with Crippen molar-refractivity contribution in [2.75, 3.05) is 24.8 Å². The standard InChI is InChI=1S/C28H32ClN5O4/c1-2-3-9-23-32-26-27(21-7-4-5-8-22(21)31-28(26)30)34(23)15-6-14-33(24(35)16-29)17-19-10-12-20(13-11-19)38-18-25(36)37/h4-5,7-8,10-13H,2-3,6,9,14-18H2,1H3,(H2,30,31)(H,36,37). The number of halogens is 1. The van der Waals surface area contributed by atoms with Gasteiger partial charge in [-0.15, -0.1) is 11.6 Å². The summed E-state index contributed by atoms with van der Waals surface area (Å²) in [7, 11) is 0. The zero-order chi connectivity index (χ0) is 27.1. The molecular formula is C28H32ClN5O4. The van der Waals surface area contributed by atoms with Crippen molar-refractivity contribution in [3.05, 3.63) is 59.9 Å². The molecule has 10 heteroatoms. The van der Waals surface area contributed by atoms with E-state index in [9.17, 15) is 9.59 Å². The first-order chi connectivity index (χ1) is 18.4. The zero-order valence-electron chi connectivity index (χ0n) is 21.4. The minimum absolute atomic E-state index is 0.109. The number of para-hydroxylation sites is 1. The molecule has 200 valence electrons. The normalized spacial score (nSPS) is 11.2. The number of ether oxygens (including phenoxy) is 1. The number of aromatic nitrogens is 3. The number of amides is 1. The number of rotatable bonds is 13. The van der Waals surface area contributed by atoms with Crippen molar-refractivity contribution >= 4 is 51.2 Å². The highest BCUT2D eigenvalue weighted by Crippen LogP contribution is 2.29. The van der Waals surface area contributed by atoms with E-state index in [2.05, 4.69) is 16.5 Å². The molecule has 0 fully saturated rings. The number of unbranched alkanes of at least 4 members (excludes halogenated alkanes) is 1. The molecule has 0 aliphatic carbocycles. The average molecular weight is 538 g/mol. The Hall–Kier alpha value is -3.85. The van der Waals surface area contributed by atoms with Crippen LogP contribution in [0.15, 0.2) is 48.5 Å². The van der Waals surface area contributed by atoms with E-state index in [4.69, 9.17) is 32.2 Å². The summed E-state index contributed by atoms with van der Waals surface area (Å²) in [5.41, 5.74) is 9.73. The average Bonchev–Trinajstić information content (AvgIpc) is 3.29. The van der Waals surface area contributed by atoms with Crippen LogP contribution >= 0.6 is 11.6 Å². The van der Waals surface area contributed by atoms with Crippen LogP contribution in [0.2, 0.25) is 0 Å². The van der Waals surface area contributed by atoms with Gasteiger partial charge in [0.25, 0.3) is 0 Å². The monoisotopic (exact) mass is 537 g/mol. The van der Waals surface area contributed by atoms with Crippen LogP contribution in [-0.2, 0) is 29.1 Å². The number of carbonyl (C=O) groups is 2. The van der Waals surface area contributed by atoms with Crippen LogP contribution in [0, 0.1) is 0 Å². The number of anilines is 1. The van der Waals surface area contributed by atoms with Crippen molar-refractivity contribution in [2.24, 2.45) is 0 Å². The van der Waals surface area contributed by atoms with E-state index in [-0.39, 0.29) is 11.8 Å². The minimum Gasteiger partial charge on any atom is -0.482 e. The number of nitrogens with two attached hydrogens (primary N) is 1. The highest BCUT2D eigenvalue weighted by molar-refractivity contribution is 6.27. The number of fused-ring (bicyclic) bond motifs is 3. The van der Waals surface area contributed by atoms with Crippen molar-refractivity contribution in [3.63, 3.8) is 0 Å². The summed E-state index contributed by atoms with van der Waals surface area (Å²) >= 11 is 5.93. The molecule has 4 aromatic rings.